The number of fused-ring (bicyclic) bond motifs is 1. The van der Waals surface area contributed by atoms with Gasteiger partial charge in [-0.15, -0.1) is 0 Å². The number of ether oxygens (including phenoxy) is 1. The Morgan fingerprint density at radius 2 is 1.93 bits per heavy atom. The molecule has 152 valence electrons. The Labute approximate surface area is 168 Å². The van der Waals surface area contributed by atoms with E-state index in [0.717, 1.165) is 51.4 Å². The number of nitrogens with zero attached hydrogens (tertiary/aromatic N) is 3. The number of aryl methyl sites for hydroxylation is 1. The van der Waals surface area contributed by atoms with Gasteiger partial charge >= 0.3 is 0 Å². The first kappa shape index (κ1) is 18.3. The molecule has 8 nitrogen and oxygen atoms in total. The van der Waals surface area contributed by atoms with Gasteiger partial charge in [0.05, 0.1) is 30.2 Å². The highest BCUT2D eigenvalue weighted by molar-refractivity contribution is 5.60. The van der Waals surface area contributed by atoms with Crippen LogP contribution >= 0.6 is 0 Å². The van der Waals surface area contributed by atoms with Gasteiger partial charge in [-0.2, -0.15) is 0 Å². The average Bonchev–Trinajstić information content (AvgIpc) is 3.33. The number of hydrogen-bond acceptors (Lipinski definition) is 5. The van der Waals surface area contributed by atoms with Crippen molar-refractivity contribution < 1.29 is 4.74 Å². The van der Waals surface area contributed by atoms with Gasteiger partial charge in [0.2, 0.25) is 0 Å². The van der Waals surface area contributed by atoms with Gasteiger partial charge in [0.25, 0.3) is 5.56 Å². The van der Waals surface area contributed by atoms with Crippen LogP contribution in [0, 0.1) is 0 Å². The normalized spacial score (nSPS) is 17.4. The Kier molecular flexibility index (Phi) is 5.03. The van der Waals surface area contributed by atoms with Gasteiger partial charge in [0.1, 0.15) is 0 Å². The third kappa shape index (κ3) is 3.65. The van der Waals surface area contributed by atoms with Crippen LogP contribution in [0.5, 0.6) is 0 Å². The summed E-state index contributed by atoms with van der Waals surface area (Å²) in [4.78, 5) is 27.4. The van der Waals surface area contributed by atoms with E-state index in [1.54, 1.807) is 18.6 Å². The molecule has 1 saturated heterocycles. The summed E-state index contributed by atoms with van der Waals surface area (Å²) in [6.45, 7) is 4.47. The van der Waals surface area contributed by atoms with Crippen LogP contribution in [0.25, 0.3) is 11.3 Å². The van der Waals surface area contributed by atoms with Crippen molar-refractivity contribution in [1.29, 1.82) is 0 Å². The molecule has 29 heavy (non-hydrogen) atoms. The van der Waals surface area contributed by atoms with Crippen LogP contribution in [0.4, 0.5) is 0 Å². The van der Waals surface area contributed by atoms with E-state index >= 15 is 0 Å². The third-order valence-electron chi connectivity index (χ3n) is 6.00. The Balaban J connectivity index is 1.51. The van der Waals surface area contributed by atoms with Crippen molar-refractivity contribution in [2.24, 2.45) is 0 Å². The van der Waals surface area contributed by atoms with Gasteiger partial charge in [-0.25, -0.2) is 0 Å². The van der Waals surface area contributed by atoms with Crippen LogP contribution in [0.15, 0.2) is 23.4 Å². The fourth-order valence-electron chi connectivity index (χ4n) is 4.51. The highest BCUT2D eigenvalue weighted by Crippen LogP contribution is 2.30. The summed E-state index contributed by atoms with van der Waals surface area (Å²) in [6.07, 6.45) is 10.4. The molecule has 0 atom stereocenters. The van der Waals surface area contributed by atoms with Crippen LogP contribution in [-0.2, 0) is 30.5 Å². The summed E-state index contributed by atoms with van der Waals surface area (Å²) < 4.78 is 5.52. The number of rotatable bonds is 5. The SMILES string of the molecule is O=c1[nH][nH]cc1-c1nccnc1Cc1[nH]c2c(c1CN1CCOCC1)CCCC2. The predicted molar refractivity (Wildman–Crippen MR) is 109 cm³/mol. The maximum atomic E-state index is 12.1. The van der Waals surface area contributed by atoms with Crippen LogP contribution in [0.1, 0.15) is 41.1 Å². The summed E-state index contributed by atoms with van der Waals surface area (Å²) in [5.74, 6) is 0. The standard InChI is InChI=1S/C21H26N6O2/c28-21-15(12-24-26-21)20-19(22-5-6-23-20)11-18-16(13-27-7-9-29-10-8-27)14-3-1-2-4-17(14)25-18/h5-6,12,25H,1-4,7-11,13H2,(H2,24,26,28). The molecule has 5 rings (SSSR count). The van der Waals surface area contributed by atoms with E-state index in [0.29, 0.717) is 17.7 Å². The molecular formula is C21H26N6O2. The average molecular weight is 394 g/mol. The van der Waals surface area contributed by atoms with Crippen molar-refractivity contribution in [3.63, 3.8) is 0 Å². The Morgan fingerprint density at radius 1 is 1.10 bits per heavy atom. The number of H-pyrrole nitrogens is 3. The summed E-state index contributed by atoms with van der Waals surface area (Å²) >= 11 is 0. The van der Waals surface area contributed by atoms with E-state index in [-0.39, 0.29) is 5.56 Å². The smallest absolute Gasteiger partial charge is 0.273 e. The molecule has 0 unspecified atom stereocenters. The first-order valence-electron chi connectivity index (χ1n) is 10.4. The van der Waals surface area contributed by atoms with E-state index in [2.05, 4.69) is 30.0 Å². The van der Waals surface area contributed by atoms with Crippen molar-refractivity contribution in [3.8, 4) is 11.3 Å². The second kappa shape index (κ2) is 7.96. The monoisotopic (exact) mass is 394 g/mol. The maximum Gasteiger partial charge on any atom is 0.273 e. The Bertz CT molecular complexity index is 1040. The van der Waals surface area contributed by atoms with E-state index in [1.807, 2.05) is 0 Å². The summed E-state index contributed by atoms with van der Waals surface area (Å²) in [7, 11) is 0. The molecule has 0 aromatic carbocycles. The molecule has 1 aliphatic heterocycles. The van der Waals surface area contributed by atoms with E-state index in [4.69, 9.17) is 4.74 Å². The summed E-state index contributed by atoms with van der Waals surface area (Å²) in [6, 6.07) is 0. The number of nitrogens with one attached hydrogen (secondary N) is 3. The molecule has 1 aliphatic carbocycles. The van der Waals surface area contributed by atoms with Crippen molar-refractivity contribution >= 4 is 0 Å². The molecule has 1 fully saturated rings. The predicted octanol–water partition coefficient (Wildman–Crippen LogP) is 1.79. The quantitative estimate of drug-likeness (QED) is 0.612. The number of morpholine rings is 1. The molecule has 0 spiro atoms. The van der Waals surface area contributed by atoms with Crippen molar-refractivity contribution in [2.45, 2.75) is 38.6 Å². The molecule has 0 radical (unpaired) electrons. The second-order valence-electron chi connectivity index (χ2n) is 7.82. The lowest BCUT2D eigenvalue weighted by Gasteiger charge is -2.27. The lowest BCUT2D eigenvalue weighted by atomic mass is 9.93. The second-order valence-corrected chi connectivity index (χ2v) is 7.82. The molecule has 0 amide bonds. The zero-order valence-corrected chi connectivity index (χ0v) is 16.5. The summed E-state index contributed by atoms with van der Waals surface area (Å²) in [5, 5.41) is 5.35. The number of aromatic amines is 3. The first-order valence-corrected chi connectivity index (χ1v) is 10.4. The van der Waals surface area contributed by atoms with E-state index in [9.17, 15) is 4.79 Å². The molecule has 0 bridgehead atoms. The molecule has 3 N–H and O–H groups in total. The van der Waals surface area contributed by atoms with E-state index in [1.165, 1.54) is 35.4 Å². The molecular weight excluding hydrogens is 368 g/mol. The lowest BCUT2D eigenvalue weighted by Crippen LogP contribution is -2.36. The van der Waals surface area contributed by atoms with Crippen LogP contribution in [-0.4, -0.2) is 56.4 Å². The molecule has 8 heteroatoms. The first-order chi connectivity index (χ1) is 14.3. The Hall–Kier alpha value is -2.71. The lowest BCUT2D eigenvalue weighted by molar-refractivity contribution is 0.0340. The fraction of sp³-hybridized carbons (Fsp3) is 0.476. The Morgan fingerprint density at radius 3 is 2.76 bits per heavy atom. The van der Waals surface area contributed by atoms with Crippen molar-refractivity contribution in [3.05, 3.63) is 57.2 Å². The zero-order chi connectivity index (χ0) is 19.6. The van der Waals surface area contributed by atoms with Crippen LogP contribution in [0.3, 0.4) is 0 Å². The molecule has 3 aromatic rings. The molecule has 4 heterocycles. The number of hydrogen-bond donors (Lipinski definition) is 3. The molecule has 0 saturated carbocycles. The minimum atomic E-state index is -0.175. The van der Waals surface area contributed by atoms with Gasteiger partial charge in [0, 0.05) is 56.0 Å². The van der Waals surface area contributed by atoms with Crippen molar-refractivity contribution in [1.82, 2.24) is 30.0 Å². The largest absolute Gasteiger partial charge is 0.379 e. The zero-order valence-electron chi connectivity index (χ0n) is 16.5. The highest BCUT2D eigenvalue weighted by Gasteiger charge is 2.24. The number of aromatic nitrogens is 5. The minimum absolute atomic E-state index is 0.175. The molecule has 3 aromatic heterocycles. The fourth-order valence-corrected chi connectivity index (χ4v) is 4.51. The maximum absolute atomic E-state index is 12.1. The van der Waals surface area contributed by atoms with Crippen molar-refractivity contribution in [2.75, 3.05) is 26.3 Å². The minimum Gasteiger partial charge on any atom is -0.379 e. The summed E-state index contributed by atoms with van der Waals surface area (Å²) in [5.41, 5.74) is 7.28. The van der Waals surface area contributed by atoms with Crippen LogP contribution < -0.4 is 5.56 Å². The van der Waals surface area contributed by atoms with Gasteiger partial charge in [-0.3, -0.25) is 24.8 Å². The van der Waals surface area contributed by atoms with Gasteiger partial charge < -0.3 is 14.8 Å². The van der Waals surface area contributed by atoms with Gasteiger partial charge in [-0.1, -0.05) is 0 Å². The van der Waals surface area contributed by atoms with Crippen LogP contribution in [0.2, 0.25) is 0 Å². The van der Waals surface area contributed by atoms with E-state index < -0.39 is 0 Å². The third-order valence-corrected chi connectivity index (χ3v) is 6.00. The topological polar surface area (TPSA) is 103 Å². The molecule has 2 aliphatic rings. The van der Waals surface area contributed by atoms with Gasteiger partial charge in [-0.05, 0) is 36.8 Å². The highest BCUT2D eigenvalue weighted by atomic mass is 16.5. The van der Waals surface area contributed by atoms with Gasteiger partial charge in [0.15, 0.2) is 0 Å².